The average Bonchev–Trinajstić information content (AvgIpc) is 2.60. The molecule has 1 aromatic rings. The molecule has 1 aliphatic carbocycles. The molecule has 1 N–H and O–H groups in total. The summed E-state index contributed by atoms with van der Waals surface area (Å²) in [5.41, 5.74) is 3.67. The Bertz CT molecular complexity index is 442. The first-order valence-corrected chi connectivity index (χ1v) is 8.05. The molecule has 1 heterocycles. The minimum Gasteiger partial charge on any atom is -0.393 e. The Morgan fingerprint density at radius 1 is 1.20 bits per heavy atom. The lowest BCUT2D eigenvalue weighted by Gasteiger charge is -2.34. The Balaban J connectivity index is 1.93. The lowest BCUT2D eigenvalue weighted by Crippen LogP contribution is -2.29. The fourth-order valence-corrected chi connectivity index (χ4v) is 4.03. The van der Waals surface area contributed by atoms with E-state index in [0.29, 0.717) is 5.92 Å². The molecule has 3 heteroatoms. The Hall–Kier alpha value is -0.830. The van der Waals surface area contributed by atoms with Crippen molar-refractivity contribution in [2.24, 2.45) is 24.8 Å². The molecule has 2 rings (SSSR count). The number of hydrogen-bond donors (Lipinski definition) is 1. The SMILES string of the molecule is Cc1nn(C)c(C)c1CCC(O)C1CC(C)CC(C)C1. The molecule has 0 bridgehead atoms. The van der Waals surface area contributed by atoms with Crippen molar-refractivity contribution in [3.8, 4) is 0 Å². The van der Waals surface area contributed by atoms with Gasteiger partial charge in [-0.25, -0.2) is 0 Å². The van der Waals surface area contributed by atoms with Gasteiger partial charge in [0, 0.05) is 12.7 Å². The minimum absolute atomic E-state index is 0.154. The molecule has 0 spiro atoms. The fraction of sp³-hybridized carbons (Fsp3) is 0.824. The first-order chi connectivity index (χ1) is 9.38. The quantitative estimate of drug-likeness (QED) is 0.916. The summed E-state index contributed by atoms with van der Waals surface area (Å²) in [4.78, 5) is 0. The van der Waals surface area contributed by atoms with Gasteiger partial charge in [-0.15, -0.1) is 0 Å². The van der Waals surface area contributed by atoms with Gasteiger partial charge in [0.1, 0.15) is 0 Å². The smallest absolute Gasteiger partial charge is 0.0628 e. The second kappa shape index (κ2) is 6.30. The van der Waals surface area contributed by atoms with Gasteiger partial charge in [0.2, 0.25) is 0 Å². The number of aliphatic hydroxyl groups excluding tert-OH is 1. The average molecular weight is 278 g/mol. The van der Waals surface area contributed by atoms with Gasteiger partial charge in [-0.3, -0.25) is 4.68 Å². The molecule has 114 valence electrons. The Morgan fingerprint density at radius 3 is 2.30 bits per heavy atom. The van der Waals surface area contributed by atoms with Gasteiger partial charge in [0.05, 0.1) is 11.8 Å². The van der Waals surface area contributed by atoms with Gasteiger partial charge in [0.15, 0.2) is 0 Å². The number of aryl methyl sites for hydroxylation is 2. The van der Waals surface area contributed by atoms with Crippen LogP contribution in [0.4, 0.5) is 0 Å². The van der Waals surface area contributed by atoms with E-state index in [9.17, 15) is 5.11 Å². The van der Waals surface area contributed by atoms with Gasteiger partial charge in [-0.05, 0) is 69.3 Å². The summed E-state index contributed by atoms with van der Waals surface area (Å²) in [7, 11) is 1.99. The van der Waals surface area contributed by atoms with E-state index in [-0.39, 0.29) is 6.10 Å². The molecule has 0 aromatic carbocycles. The number of rotatable bonds is 4. The van der Waals surface area contributed by atoms with Gasteiger partial charge < -0.3 is 5.11 Å². The van der Waals surface area contributed by atoms with E-state index in [1.807, 2.05) is 11.7 Å². The summed E-state index contributed by atoms with van der Waals surface area (Å²) in [5, 5.41) is 15.0. The molecule has 0 aliphatic heterocycles. The molecule has 3 unspecified atom stereocenters. The summed E-state index contributed by atoms with van der Waals surface area (Å²) in [6, 6.07) is 0. The van der Waals surface area contributed by atoms with Crippen LogP contribution in [0.2, 0.25) is 0 Å². The monoisotopic (exact) mass is 278 g/mol. The molecular formula is C17H30N2O. The lowest BCUT2D eigenvalue weighted by molar-refractivity contribution is 0.0500. The Morgan fingerprint density at radius 2 is 1.80 bits per heavy atom. The number of nitrogens with zero attached hydrogens (tertiary/aromatic N) is 2. The normalized spacial score (nSPS) is 28.6. The molecule has 3 atom stereocenters. The Labute approximate surface area is 123 Å². The molecule has 1 saturated carbocycles. The molecule has 1 fully saturated rings. The van der Waals surface area contributed by atoms with E-state index >= 15 is 0 Å². The predicted octanol–water partition coefficient (Wildman–Crippen LogP) is 3.40. The van der Waals surface area contributed by atoms with Crippen LogP contribution in [0.5, 0.6) is 0 Å². The molecule has 0 amide bonds. The van der Waals surface area contributed by atoms with Crippen molar-refractivity contribution >= 4 is 0 Å². The summed E-state index contributed by atoms with van der Waals surface area (Å²) < 4.78 is 1.95. The van der Waals surface area contributed by atoms with Crippen molar-refractivity contribution in [2.75, 3.05) is 0 Å². The maximum absolute atomic E-state index is 10.5. The van der Waals surface area contributed by atoms with Gasteiger partial charge in [-0.2, -0.15) is 5.10 Å². The lowest BCUT2D eigenvalue weighted by atomic mass is 9.73. The third-order valence-electron chi connectivity index (χ3n) is 5.11. The highest BCUT2D eigenvalue weighted by molar-refractivity contribution is 5.24. The van der Waals surface area contributed by atoms with Crippen molar-refractivity contribution in [3.63, 3.8) is 0 Å². The van der Waals surface area contributed by atoms with Gasteiger partial charge in [-0.1, -0.05) is 13.8 Å². The molecule has 20 heavy (non-hydrogen) atoms. The molecule has 1 aromatic heterocycles. The Kier molecular flexibility index (Phi) is 4.90. The van der Waals surface area contributed by atoms with Gasteiger partial charge >= 0.3 is 0 Å². The minimum atomic E-state index is -0.154. The predicted molar refractivity (Wildman–Crippen MR) is 82.7 cm³/mol. The first-order valence-electron chi connectivity index (χ1n) is 8.05. The van der Waals surface area contributed by atoms with Crippen LogP contribution in [-0.2, 0) is 13.5 Å². The summed E-state index contributed by atoms with van der Waals surface area (Å²) >= 11 is 0. The number of aromatic nitrogens is 2. The van der Waals surface area contributed by atoms with Crippen LogP contribution in [0.1, 0.15) is 56.5 Å². The maximum atomic E-state index is 10.5. The topological polar surface area (TPSA) is 38.0 Å². The molecule has 0 radical (unpaired) electrons. The molecule has 3 nitrogen and oxygen atoms in total. The van der Waals surface area contributed by atoms with Crippen LogP contribution in [0, 0.1) is 31.6 Å². The second-order valence-electron chi connectivity index (χ2n) is 7.06. The standard InChI is InChI=1S/C17H30N2O/c1-11-8-12(2)10-15(9-11)17(20)7-6-16-13(3)18-19(5)14(16)4/h11-12,15,17,20H,6-10H2,1-5H3. The zero-order valence-corrected chi connectivity index (χ0v) is 13.7. The van der Waals surface area contributed by atoms with Crippen LogP contribution in [0.25, 0.3) is 0 Å². The largest absolute Gasteiger partial charge is 0.393 e. The van der Waals surface area contributed by atoms with E-state index in [4.69, 9.17) is 0 Å². The van der Waals surface area contributed by atoms with E-state index in [1.54, 1.807) is 0 Å². The summed E-state index contributed by atoms with van der Waals surface area (Å²) in [5.74, 6) is 2.02. The highest BCUT2D eigenvalue weighted by atomic mass is 16.3. The third kappa shape index (κ3) is 3.43. The molecule has 0 saturated heterocycles. The van der Waals surface area contributed by atoms with Crippen molar-refractivity contribution in [1.82, 2.24) is 9.78 Å². The highest BCUT2D eigenvalue weighted by Gasteiger charge is 2.29. The zero-order chi connectivity index (χ0) is 14.9. The van der Waals surface area contributed by atoms with Crippen LogP contribution in [0.15, 0.2) is 0 Å². The van der Waals surface area contributed by atoms with Crippen LogP contribution in [0.3, 0.4) is 0 Å². The number of aliphatic hydroxyl groups is 1. The van der Waals surface area contributed by atoms with Crippen molar-refractivity contribution < 1.29 is 5.11 Å². The van der Waals surface area contributed by atoms with Crippen molar-refractivity contribution in [3.05, 3.63) is 17.0 Å². The first kappa shape index (κ1) is 15.6. The van der Waals surface area contributed by atoms with Gasteiger partial charge in [0.25, 0.3) is 0 Å². The van der Waals surface area contributed by atoms with E-state index in [1.165, 1.54) is 30.5 Å². The molecule has 1 aliphatic rings. The maximum Gasteiger partial charge on any atom is 0.0628 e. The third-order valence-corrected chi connectivity index (χ3v) is 5.11. The van der Waals surface area contributed by atoms with E-state index in [0.717, 1.165) is 30.4 Å². The van der Waals surface area contributed by atoms with Crippen molar-refractivity contribution in [1.29, 1.82) is 0 Å². The zero-order valence-electron chi connectivity index (χ0n) is 13.7. The molecular weight excluding hydrogens is 248 g/mol. The highest BCUT2D eigenvalue weighted by Crippen LogP contribution is 2.35. The fourth-order valence-electron chi connectivity index (χ4n) is 4.03. The van der Waals surface area contributed by atoms with Crippen LogP contribution in [-0.4, -0.2) is 21.0 Å². The number of hydrogen-bond acceptors (Lipinski definition) is 2. The second-order valence-corrected chi connectivity index (χ2v) is 7.06. The summed E-state index contributed by atoms with van der Waals surface area (Å²) in [6.07, 6.45) is 5.37. The van der Waals surface area contributed by atoms with Crippen molar-refractivity contribution in [2.45, 2.75) is 65.9 Å². The van der Waals surface area contributed by atoms with E-state index < -0.39 is 0 Å². The van der Waals surface area contributed by atoms with E-state index in [2.05, 4.69) is 32.8 Å². The summed E-state index contributed by atoms with van der Waals surface area (Å²) in [6.45, 7) is 8.83. The van der Waals surface area contributed by atoms with Crippen LogP contribution < -0.4 is 0 Å². The van der Waals surface area contributed by atoms with Crippen LogP contribution >= 0.6 is 0 Å².